The largest absolute Gasteiger partial charge is 0.497 e. The topological polar surface area (TPSA) is 47.6 Å². The number of benzene rings is 2. The maximum Gasteiger partial charge on any atom is 0.220 e. The van der Waals surface area contributed by atoms with Crippen molar-refractivity contribution in [1.29, 1.82) is 0 Å². The predicted octanol–water partition coefficient (Wildman–Crippen LogP) is 2.88. The Kier molecular flexibility index (Phi) is 4.81. The van der Waals surface area contributed by atoms with Gasteiger partial charge in [0.25, 0.3) is 0 Å². The minimum atomic E-state index is 0.0598. The van der Waals surface area contributed by atoms with Crippen LogP contribution in [-0.4, -0.2) is 19.6 Å². The van der Waals surface area contributed by atoms with Gasteiger partial charge in [0.05, 0.1) is 13.7 Å². The van der Waals surface area contributed by atoms with Crippen LogP contribution in [0.4, 0.5) is 0 Å². The first-order valence-electron chi connectivity index (χ1n) is 7.89. The maximum absolute atomic E-state index is 12.0. The Labute approximate surface area is 136 Å². The molecule has 0 aromatic heterocycles. The maximum atomic E-state index is 12.0. The van der Waals surface area contributed by atoms with Crippen LogP contribution in [0.3, 0.4) is 0 Å². The molecule has 0 fully saturated rings. The van der Waals surface area contributed by atoms with Crippen molar-refractivity contribution >= 4 is 5.91 Å². The molecule has 1 N–H and O–H groups in total. The van der Waals surface area contributed by atoms with Gasteiger partial charge >= 0.3 is 0 Å². The number of ether oxygens (including phenoxy) is 2. The van der Waals surface area contributed by atoms with E-state index < -0.39 is 0 Å². The molecule has 23 heavy (non-hydrogen) atoms. The van der Waals surface area contributed by atoms with Crippen LogP contribution in [0.5, 0.6) is 11.5 Å². The van der Waals surface area contributed by atoms with Crippen molar-refractivity contribution in [2.24, 2.45) is 0 Å². The molecular formula is C19H21NO3. The lowest BCUT2D eigenvalue weighted by molar-refractivity contribution is -0.121. The summed E-state index contributed by atoms with van der Waals surface area (Å²) >= 11 is 0. The first-order valence-corrected chi connectivity index (χ1v) is 7.89. The van der Waals surface area contributed by atoms with E-state index in [0.717, 1.165) is 35.7 Å². The summed E-state index contributed by atoms with van der Waals surface area (Å²) in [5.74, 6) is 1.85. The molecule has 0 spiro atoms. The summed E-state index contributed by atoms with van der Waals surface area (Å²) in [6, 6.07) is 13.9. The van der Waals surface area contributed by atoms with Gasteiger partial charge in [0.1, 0.15) is 11.5 Å². The molecule has 2 aromatic rings. The van der Waals surface area contributed by atoms with Gasteiger partial charge in [-0.3, -0.25) is 4.79 Å². The number of methoxy groups -OCH3 is 1. The third-order valence-corrected chi connectivity index (χ3v) is 4.02. The quantitative estimate of drug-likeness (QED) is 0.892. The molecule has 0 saturated carbocycles. The molecule has 120 valence electrons. The van der Waals surface area contributed by atoms with Gasteiger partial charge in [-0.15, -0.1) is 0 Å². The summed E-state index contributed by atoms with van der Waals surface area (Å²) in [6.45, 7) is 1.32. The summed E-state index contributed by atoms with van der Waals surface area (Å²) in [5, 5.41) is 2.98. The van der Waals surface area contributed by atoms with Crippen molar-refractivity contribution in [2.75, 3.05) is 13.7 Å². The van der Waals surface area contributed by atoms with E-state index in [-0.39, 0.29) is 5.91 Å². The number of carbonyl (C=O) groups excluding carboxylic acids is 1. The number of rotatable bonds is 6. The molecule has 1 heterocycles. The molecule has 4 nitrogen and oxygen atoms in total. The number of aryl methyl sites for hydroxylation is 1. The van der Waals surface area contributed by atoms with Crippen LogP contribution in [-0.2, 0) is 24.2 Å². The van der Waals surface area contributed by atoms with Crippen molar-refractivity contribution in [3.8, 4) is 11.5 Å². The number of fused-ring (bicyclic) bond motifs is 1. The number of amides is 1. The molecule has 0 saturated heterocycles. The molecule has 0 aliphatic carbocycles. The summed E-state index contributed by atoms with van der Waals surface area (Å²) in [7, 11) is 1.65. The number of carbonyl (C=O) groups is 1. The van der Waals surface area contributed by atoms with E-state index in [4.69, 9.17) is 9.47 Å². The fourth-order valence-electron chi connectivity index (χ4n) is 2.72. The number of hydrogen-bond donors (Lipinski definition) is 1. The Morgan fingerprint density at radius 2 is 2.13 bits per heavy atom. The van der Waals surface area contributed by atoms with Crippen LogP contribution in [0.2, 0.25) is 0 Å². The Morgan fingerprint density at radius 3 is 3.00 bits per heavy atom. The Bertz CT molecular complexity index is 697. The highest BCUT2D eigenvalue weighted by atomic mass is 16.5. The molecule has 1 aliphatic rings. The Hall–Kier alpha value is -2.49. The number of nitrogens with one attached hydrogen (secondary N) is 1. The fourth-order valence-corrected chi connectivity index (χ4v) is 2.72. The summed E-state index contributed by atoms with van der Waals surface area (Å²) in [4.78, 5) is 12.0. The van der Waals surface area contributed by atoms with Crippen molar-refractivity contribution in [2.45, 2.75) is 25.8 Å². The summed E-state index contributed by atoms with van der Waals surface area (Å²) in [6.07, 6.45) is 2.13. The lowest BCUT2D eigenvalue weighted by Gasteiger charge is -2.08. The van der Waals surface area contributed by atoms with Gasteiger partial charge in [0.2, 0.25) is 5.91 Å². The normalized spacial score (nSPS) is 12.4. The highest BCUT2D eigenvalue weighted by Crippen LogP contribution is 2.25. The third-order valence-electron chi connectivity index (χ3n) is 4.02. The highest BCUT2D eigenvalue weighted by Gasteiger charge is 2.12. The molecular weight excluding hydrogens is 290 g/mol. The molecule has 0 radical (unpaired) electrons. The Balaban J connectivity index is 1.48. The van der Waals surface area contributed by atoms with E-state index >= 15 is 0 Å². The molecule has 1 aliphatic heterocycles. The predicted molar refractivity (Wildman–Crippen MR) is 88.8 cm³/mol. The SMILES string of the molecule is COc1cccc(CCC(=O)NCc2ccc3c(c2)CCO3)c1. The van der Waals surface area contributed by atoms with Crippen molar-refractivity contribution < 1.29 is 14.3 Å². The van der Waals surface area contributed by atoms with E-state index in [0.29, 0.717) is 19.4 Å². The number of hydrogen-bond acceptors (Lipinski definition) is 3. The van der Waals surface area contributed by atoms with E-state index in [2.05, 4.69) is 11.4 Å². The highest BCUT2D eigenvalue weighted by molar-refractivity contribution is 5.76. The van der Waals surface area contributed by atoms with Gasteiger partial charge in [-0.2, -0.15) is 0 Å². The lowest BCUT2D eigenvalue weighted by atomic mass is 10.1. The van der Waals surface area contributed by atoms with Crippen LogP contribution < -0.4 is 14.8 Å². The monoisotopic (exact) mass is 311 g/mol. The van der Waals surface area contributed by atoms with Crippen molar-refractivity contribution in [3.05, 3.63) is 59.2 Å². The molecule has 3 rings (SSSR count). The zero-order chi connectivity index (χ0) is 16.1. The first kappa shape index (κ1) is 15.4. The molecule has 0 bridgehead atoms. The third kappa shape index (κ3) is 4.03. The zero-order valence-corrected chi connectivity index (χ0v) is 13.3. The van der Waals surface area contributed by atoms with Crippen LogP contribution in [0, 0.1) is 0 Å². The van der Waals surface area contributed by atoms with Crippen LogP contribution >= 0.6 is 0 Å². The zero-order valence-electron chi connectivity index (χ0n) is 13.3. The van der Waals surface area contributed by atoms with Gasteiger partial charge in [0, 0.05) is 19.4 Å². The Morgan fingerprint density at radius 1 is 1.22 bits per heavy atom. The second kappa shape index (κ2) is 7.18. The van der Waals surface area contributed by atoms with Gasteiger partial charge in [0.15, 0.2) is 0 Å². The molecule has 1 amide bonds. The minimum absolute atomic E-state index is 0.0598. The average Bonchev–Trinajstić information content (AvgIpc) is 3.06. The smallest absolute Gasteiger partial charge is 0.220 e. The van der Waals surface area contributed by atoms with Gasteiger partial charge < -0.3 is 14.8 Å². The second-order valence-corrected chi connectivity index (χ2v) is 5.67. The molecule has 0 unspecified atom stereocenters. The first-order chi connectivity index (χ1) is 11.2. The standard InChI is InChI=1S/C19H21NO3/c1-22-17-4-2-3-14(12-17)6-8-19(21)20-13-15-5-7-18-16(11-15)9-10-23-18/h2-5,7,11-12H,6,8-10,13H2,1H3,(H,20,21). The van der Waals surface area contributed by atoms with Gasteiger partial charge in [-0.25, -0.2) is 0 Å². The van der Waals surface area contributed by atoms with E-state index in [1.54, 1.807) is 7.11 Å². The summed E-state index contributed by atoms with van der Waals surface area (Å²) in [5.41, 5.74) is 3.45. The van der Waals surface area contributed by atoms with E-state index in [1.165, 1.54) is 5.56 Å². The van der Waals surface area contributed by atoms with E-state index in [9.17, 15) is 4.79 Å². The fraction of sp³-hybridized carbons (Fsp3) is 0.316. The average molecular weight is 311 g/mol. The summed E-state index contributed by atoms with van der Waals surface area (Å²) < 4.78 is 10.7. The minimum Gasteiger partial charge on any atom is -0.497 e. The van der Waals surface area contributed by atoms with Crippen LogP contribution in [0.25, 0.3) is 0 Å². The second-order valence-electron chi connectivity index (χ2n) is 5.67. The van der Waals surface area contributed by atoms with E-state index in [1.807, 2.05) is 36.4 Å². The molecule has 0 atom stereocenters. The van der Waals surface area contributed by atoms with Crippen LogP contribution in [0.1, 0.15) is 23.1 Å². The lowest BCUT2D eigenvalue weighted by Crippen LogP contribution is -2.23. The molecule has 4 heteroatoms. The van der Waals surface area contributed by atoms with Gasteiger partial charge in [-0.1, -0.05) is 24.3 Å². The van der Waals surface area contributed by atoms with Crippen molar-refractivity contribution in [1.82, 2.24) is 5.32 Å². The van der Waals surface area contributed by atoms with Crippen molar-refractivity contribution in [3.63, 3.8) is 0 Å². The molecule has 2 aromatic carbocycles. The van der Waals surface area contributed by atoms with Gasteiger partial charge in [-0.05, 0) is 41.3 Å². The van der Waals surface area contributed by atoms with Crippen LogP contribution in [0.15, 0.2) is 42.5 Å².